The maximum atomic E-state index is 11.7. The maximum Gasteiger partial charge on any atom is 0.246 e. The van der Waals surface area contributed by atoms with Crippen LogP contribution in [0.1, 0.15) is 27.2 Å². The lowest BCUT2D eigenvalue weighted by atomic mass is 10.2. The van der Waals surface area contributed by atoms with Gasteiger partial charge >= 0.3 is 0 Å². The molecular weight excluding hydrogens is 218 g/mol. The Labute approximate surface area is 103 Å². The molecule has 0 spiro atoms. The highest BCUT2D eigenvalue weighted by molar-refractivity contribution is 6.05. The van der Waals surface area contributed by atoms with Crippen LogP contribution in [0.15, 0.2) is 0 Å². The number of hydrogen-bond acceptors (Lipinski definition) is 4. The molecular formula is C12H23N3O2. The molecule has 0 aromatic heterocycles. The van der Waals surface area contributed by atoms with E-state index in [2.05, 4.69) is 24.1 Å². The van der Waals surface area contributed by atoms with E-state index in [1.165, 1.54) is 4.90 Å². The van der Waals surface area contributed by atoms with Crippen molar-refractivity contribution in [2.24, 2.45) is 0 Å². The summed E-state index contributed by atoms with van der Waals surface area (Å²) in [6.07, 6.45) is 0.290. The van der Waals surface area contributed by atoms with Crippen LogP contribution >= 0.6 is 0 Å². The molecule has 0 bridgehead atoms. The molecule has 5 nitrogen and oxygen atoms in total. The second kappa shape index (κ2) is 6.12. The van der Waals surface area contributed by atoms with Crippen molar-refractivity contribution < 1.29 is 9.59 Å². The molecule has 1 saturated heterocycles. The van der Waals surface area contributed by atoms with E-state index in [0.29, 0.717) is 0 Å². The summed E-state index contributed by atoms with van der Waals surface area (Å²) in [5, 5.41) is 3.23. The number of nitrogens with one attached hydrogen (secondary N) is 1. The van der Waals surface area contributed by atoms with E-state index in [9.17, 15) is 9.59 Å². The second-order valence-electron chi connectivity index (χ2n) is 4.60. The van der Waals surface area contributed by atoms with Gasteiger partial charge in [-0.2, -0.15) is 0 Å². The predicted molar refractivity (Wildman–Crippen MR) is 66.6 cm³/mol. The Balaban J connectivity index is 2.44. The lowest BCUT2D eigenvalue weighted by molar-refractivity contribution is -0.137. The van der Waals surface area contributed by atoms with Crippen molar-refractivity contribution in [1.29, 1.82) is 0 Å². The summed E-state index contributed by atoms with van der Waals surface area (Å²) in [5.74, 6) is -0.205. The zero-order valence-electron chi connectivity index (χ0n) is 11.2. The summed E-state index contributed by atoms with van der Waals surface area (Å²) < 4.78 is 0. The molecule has 0 aromatic carbocycles. The Morgan fingerprint density at radius 1 is 1.41 bits per heavy atom. The van der Waals surface area contributed by atoms with E-state index in [4.69, 9.17) is 0 Å². The summed E-state index contributed by atoms with van der Waals surface area (Å²) in [5.41, 5.74) is 0. The molecule has 2 unspecified atom stereocenters. The maximum absolute atomic E-state index is 11.7. The minimum absolute atomic E-state index is 0.0949. The number of carbonyl (C=O) groups excluding carboxylic acids is 2. The van der Waals surface area contributed by atoms with Crippen LogP contribution in [0, 0.1) is 0 Å². The van der Waals surface area contributed by atoms with Gasteiger partial charge in [-0.15, -0.1) is 0 Å². The first-order chi connectivity index (χ1) is 7.99. The molecule has 17 heavy (non-hydrogen) atoms. The first-order valence-electron chi connectivity index (χ1n) is 6.28. The molecule has 1 N–H and O–H groups in total. The lowest BCUT2D eigenvalue weighted by Gasteiger charge is -2.25. The lowest BCUT2D eigenvalue weighted by Crippen LogP contribution is -2.46. The highest BCUT2D eigenvalue weighted by Gasteiger charge is 2.36. The Kier molecular flexibility index (Phi) is 5.08. The first kappa shape index (κ1) is 14.1. The molecule has 0 radical (unpaired) electrons. The van der Waals surface area contributed by atoms with Crippen LogP contribution in [-0.2, 0) is 9.59 Å². The fourth-order valence-electron chi connectivity index (χ4n) is 2.15. The summed E-state index contributed by atoms with van der Waals surface area (Å²) >= 11 is 0. The van der Waals surface area contributed by atoms with Gasteiger partial charge in [-0.3, -0.25) is 14.5 Å². The van der Waals surface area contributed by atoms with Crippen molar-refractivity contribution in [3.63, 3.8) is 0 Å². The standard InChI is InChI=1S/C12H23N3O2/c1-5-15(6-2)8-9(3)13-10-7-11(16)14(4)12(10)17/h9-10,13H,5-8H2,1-4H3. The third-order valence-corrected chi connectivity index (χ3v) is 3.29. The van der Waals surface area contributed by atoms with Gasteiger partial charge in [0.25, 0.3) is 0 Å². The van der Waals surface area contributed by atoms with Crippen molar-refractivity contribution in [2.45, 2.75) is 39.3 Å². The monoisotopic (exact) mass is 241 g/mol. The Morgan fingerprint density at radius 3 is 2.41 bits per heavy atom. The zero-order valence-corrected chi connectivity index (χ0v) is 11.2. The molecule has 0 aliphatic carbocycles. The first-order valence-corrected chi connectivity index (χ1v) is 6.28. The van der Waals surface area contributed by atoms with Gasteiger partial charge in [0.15, 0.2) is 0 Å². The quantitative estimate of drug-likeness (QED) is 0.668. The number of nitrogens with zero attached hydrogens (tertiary/aromatic N) is 2. The van der Waals surface area contributed by atoms with E-state index in [1.54, 1.807) is 7.05 Å². The second-order valence-corrected chi connectivity index (χ2v) is 4.60. The van der Waals surface area contributed by atoms with Gasteiger partial charge in [-0.25, -0.2) is 0 Å². The van der Waals surface area contributed by atoms with Crippen molar-refractivity contribution in [3.05, 3.63) is 0 Å². The van der Waals surface area contributed by atoms with E-state index >= 15 is 0 Å². The SMILES string of the molecule is CCN(CC)CC(C)NC1CC(=O)N(C)C1=O. The van der Waals surface area contributed by atoms with Crippen LogP contribution in [0.25, 0.3) is 0 Å². The Hall–Kier alpha value is -0.940. The Morgan fingerprint density at radius 2 is 2.00 bits per heavy atom. The number of rotatable bonds is 6. The largest absolute Gasteiger partial charge is 0.302 e. The van der Waals surface area contributed by atoms with Crippen LogP contribution in [0.4, 0.5) is 0 Å². The molecule has 2 amide bonds. The number of likely N-dealkylation sites (N-methyl/N-ethyl adjacent to an activating group) is 2. The van der Waals surface area contributed by atoms with Crippen LogP contribution in [0.2, 0.25) is 0 Å². The number of imide groups is 1. The van der Waals surface area contributed by atoms with Gasteiger partial charge in [0.05, 0.1) is 12.5 Å². The molecule has 1 aliphatic rings. The van der Waals surface area contributed by atoms with Crippen molar-refractivity contribution in [1.82, 2.24) is 15.1 Å². The van der Waals surface area contributed by atoms with E-state index in [1.807, 2.05) is 6.92 Å². The number of carbonyl (C=O) groups is 2. The fourth-order valence-corrected chi connectivity index (χ4v) is 2.15. The highest BCUT2D eigenvalue weighted by Crippen LogP contribution is 2.11. The zero-order chi connectivity index (χ0) is 13.0. The average Bonchev–Trinajstić information content (AvgIpc) is 2.54. The van der Waals surface area contributed by atoms with E-state index < -0.39 is 0 Å². The number of hydrogen-bond donors (Lipinski definition) is 1. The Bertz CT molecular complexity index is 289. The normalized spacial score (nSPS) is 22.6. The molecule has 0 aromatic rings. The summed E-state index contributed by atoms with van der Waals surface area (Å²) in [6.45, 7) is 9.19. The summed E-state index contributed by atoms with van der Waals surface area (Å²) in [6, 6.07) is -0.124. The fraction of sp³-hybridized carbons (Fsp3) is 0.833. The number of amides is 2. The van der Waals surface area contributed by atoms with Gasteiger partial charge in [0.1, 0.15) is 0 Å². The molecule has 5 heteroatoms. The molecule has 0 saturated carbocycles. The minimum atomic E-state index is -0.335. The van der Waals surface area contributed by atoms with Crippen LogP contribution in [0.3, 0.4) is 0 Å². The third-order valence-electron chi connectivity index (χ3n) is 3.29. The smallest absolute Gasteiger partial charge is 0.246 e. The van der Waals surface area contributed by atoms with Crippen LogP contribution < -0.4 is 5.32 Å². The van der Waals surface area contributed by atoms with Gasteiger partial charge in [0, 0.05) is 19.6 Å². The van der Waals surface area contributed by atoms with Gasteiger partial charge in [-0.1, -0.05) is 13.8 Å². The van der Waals surface area contributed by atoms with Gasteiger partial charge < -0.3 is 10.2 Å². The van der Waals surface area contributed by atoms with Crippen LogP contribution in [0.5, 0.6) is 0 Å². The predicted octanol–water partition coefficient (Wildman–Crippen LogP) is 0.0636. The molecule has 2 atom stereocenters. The topological polar surface area (TPSA) is 52.7 Å². The average molecular weight is 241 g/mol. The molecule has 98 valence electrons. The van der Waals surface area contributed by atoms with Gasteiger partial charge in [0.2, 0.25) is 11.8 Å². The summed E-state index contributed by atoms with van der Waals surface area (Å²) in [7, 11) is 1.54. The van der Waals surface area contributed by atoms with Crippen molar-refractivity contribution in [3.8, 4) is 0 Å². The van der Waals surface area contributed by atoms with Crippen molar-refractivity contribution in [2.75, 3.05) is 26.7 Å². The van der Waals surface area contributed by atoms with E-state index in [0.717, 1.165) is 19.6 Å². The van der Waals surface area contributed by atoms with E-state index in [-0.39, 0.29) is 30.3 Å². The van der Waals surface area contributed by atoms with Crippen LogP contribution in [-0.4, -0.2) is 60.4 Å². The molecule has 1 aliphatic heterocycles. The molecule has 1 rings (SSSR count). The van der Waals surface area contributed by atoms with Crippen molar-refractivity contribution >= 4 is 11.8 Å². The van der Waals surface area contributed by atoms with Gasteiger partial charge in [-0.05, 0) is 20.0 Å². The summed E-state index contributed by atoms with van der Waals surface area (Å²) in [4.78, 5) is 26.6. The minimum Gasteiger partial charge on any atom is -0.302 e. The molecule has 1 fully saturated rings. The number of likely N-dealkylation sites (tertiary alicyclic amines) is 1. The highest BCUT2D eigenvalue weighted by atomic mass is 16.2. The molecule has 1 heterocycles. The third kappa shape index (κ3) is 3.51.